The van der Waals surface area contributed by atoms with E-state index in [0.29, 0.717) is 13.1 Å². The van der Waals surface area contributed by atoms with Gasteiger partial charge in [0.15, 0.2) is 0 Å². The molecule has 29 heavy (non-hydrogen) atoms. The lowest BCUT2D eigenvalue weighted by atomic mass is 10.1. The second-order valence-corrected chi connectivity index (χ2v) is 6.84. The first-order valence-corrected chi connectivity index (χ1v) is 9.66. The number of hydrogen-bond donors (Lipinski definition) is 1. The molecule has 0 radical (unpaired) electrons. The first-order chi connectivity index (χ1) is 14.1. The van der Waals surface area contributed by atoms with Gasteiger partial charge in [0.1, 0.15) is 11.5 Å². The monoisotopic (exact) mass is 397 g/mol. The highest BCUT2D eigenvalue weighted by Gasteiger charge is 2.23. The van der Waals surface area contributed by atoms with Crippen LogP contribution in [0.1, 0.15) is 5.56 Å². The number of carbonyl (C=O) groups excluding carboxylic acids is 2. The van der Waals surface area contributed by atoms with Crippen molar-refractivity contribution in [3.63, 3.8) is 0 Å². The van der Waals surface area contributed by atoms with Gasteiger partial charge < -0.3 is 24.6 Å². The van der Waals surface area contributed by atoms with E-state index in [0.717, 1.165) is 35.8 Å². The lowest BCUT2D eigenvalue weighted by Crippen LogP contribution is -2.51. The summed E-state index contributed by atoms with van der Waals surface area (Å²) in [5, 5.41) is 2.72. The third-order valence-electron chi connectivity index (χ3n) is 5.02. The summed E-state index contributed by atoms with van der Waals surface area (Å²) in [7, 11) is 3.26. The van der Waals surface area contributed by atoms with Gasteiger partial charge in [0.25, 0.3) is 0 Å². The maximum atomic E-state index is 12.5. The summed E-state index contributed by atoms with van der Waals surface area (Å²) in [4.78, 5) is 28.6. The molecular formula is C22H27N3O4. The fraction of sp³-hybridized carbons (Fsp3) is 0.364. The van der Waals surface area contributed by atoms with Crippen LogP contribution >= 0.6 is 0 Å². The van der Waals surface area contributed by atoms with Gasteiger partial charge in [-0.15, -0.1) is 0 Å². The van der Waals surface area contributed by atoms with Crippen molar-refractivity contribution in [3.05, 3.63) is 54.1 Å². The molecule has 3 rings (SSSR count). The zero-order valence-electron chi connectivity index (χ0n) is 16.9. The standard InChI is InChI=1S/C22H27N3O4/c1-28-18-9-7-17(8-10-18)15-21(26)23-16-22(27)25-13-11-24(12-14-25)19-5-3-4-6-20(19)29-2/h3-10H,11-16H2,1-2H3,(H,23,26). The van der Waals surface area contributed by atoms with Crippen LogP contribution in [0.15, 0.2) is 48.5 Å². The van der Waals surface area contributed by atoms with E-state index in [9.17, 15) is 9.59 Å². The van der Waals surface area contributed by atoms with Crippen LogP contribution < -0.4 is 19.7 Å². The Morgan fingerprint density at radius 1 is 0.931 bits per heavy atom. The Morgan fingerprint density at radius 3 is 2.28 bits per heavy atom. The van der Waals surface area contributed by atoms with E-state index >= 15 is 0 Å². The maximum absolute atomic E-state index is 12.5. The number of benzene rings is 2. The van der Waals surface area contributed by atoms with Gasteiger partial charge in [-0.3, -0.25) is 9.59 Å². The minimum atomic E-state index is -0.170. The predicted molar refractivity (Wildman–Crippen MR) is 111 cm³/mol. The molecule has 7 nitrogen and oxygen atoms in total. The van der Waals surface area contributed by atoms with Crippen LogP contribution in [-0.2, 0) is 16.0 Å². The lowest BCUT2D eigenvalue weighted by Gasteiger charge is -2.36. The molecule has 1 aliphatic heterocycles. The summed E-state index contributed by atoms with van der Waals surface area (Å²) >= 11 is 0. The lowest BCUT2D eigenvalue weighted by molar-refractivity contribution is -0.133. The number of nitrogens with one attached hydrogen (secondary N) is 1. The van der Waals surface area contributed by atoms with Crippen LogP contribution in [0.4, 0.5) is 5.69 Å². The third kappa shape index (κ3) is 5.40. The second-order valence-electron chi connectivity index (χ2n) is 6.84. The first-order valence-electron chi connectivity index (χ1n) is 9.66. The molecule has 0 bridgehead atoms. The largest absolute Gasteiger partial charge is 0.497 e. The van der Waals surface area contributed by atoms with Crippen LogP contribution in [-0.4, -0.2) is 63.7 Å². The Kier molecular flexibility index (Phi) is 6.94. The fourth-order valence-electron chi connectivity index (χ4n) is 3.37. The third-order valence-corrected chi connectivity index (χ3v) is 5.02. The van der Waals surface area contributed by atoms with Crippen LogP contribution in [0.2, 0.25) is 0 Å². The predicted octanol–water partition coefficient (Wildman–Crippen LogP) is 1.71. The average molecular weight is 397 g/mol. The topological polar surface area (TPSA) is 71.1 Å². The molecule has 1 heterocycles. The van der Waals surface area contributed by atoms with Crippen LogP contribution in [0.3, 0.4) is 0 Å². The summed E-state index contributed by atoms with van der Waals surface area (Å²) in [6.07, 6.45) is 0.235. The highest BCUT2D eigenvalue weighted by molar-refractivity contribution is 5.86. The number of amides is 2. The van der Waals surface area contributed by atoms with Gasteiger partial charge in [0, 0.05) is 26.2 Å². The number of carbonyl (C=O) groups is 2. The quantitative estimate of drug-likeness (QED) is 0.770. The molecule has 0 aliphatic carbocycles. The van der Waals surface area contributed by atoms with E-state index in [-0.39, 0.29) is 24.8 Å². The normalized spacial score (nSPS) is 13.7. The molecule has 2 aromatic rings. The van der Waals surface area contributed by atoms with Crippen molar-refractivity contribution in [2.75, 3.05) is 51.8 Å². The molecule has 1 saturated heterocycles. The number of anilines is 1. The molecule has 0 atom stereocenters. The van der Waals surface area contributed by atoms with Crippen molar-refractivity contribution < 1.29 is 19.1 Å². The number of nitrogens with zero attached hydrogens (tertiary/aromatic N) is 2. The van der Waals surface area contributed by atoms with Crippen molar-refractivity contribution in [1.29, 1.82) is 0 Å². The number of para-hydroxylation sites is 2. The van der Waals surface area contributed by atoms with Gasteiger partial charge in [-0.2, -0.15) is 0 Å². The average Bonchev–Trinajstić information content (AvgIpc) is 2.78. The number of methoxy groups -OCH3 is 2. The van der Waals surface area contributed by atoms with E-state index < -0.39 is 0 Å². The molecule has 0 saturated carbocycles. The van der Waals surface area contributed by atoms with E-state index in [1.165, 1.54) is 0 Å². The Labute approximate surface area is 171 Å². The summed E-state index contributed by atoms with van der Waals surface area (Å²) in [6.45, 7) is 2.71. The molecule has 7 heteroatoms. The molecule has 0 aromatic heterocycles. The zero-order valence-corrected chi connectivity index (χ0v) is 16.9. The molecule has 0 spiro atoms. The summed E-state index contributed by atoms with van der Waals surface area (Å²) in [5.74, 6) is 1.35. The molecule has 0 unspecified atom stereocenters. The van der Waals surface area contributed by atoms with Crippen molar-refractivity contribution in [2.24, 2.45) is 0 Å². The van der Waals surface area contributed by atoms with Gasteiger partial charge in [-0.1, -0.05) is 24.3 Å². The molecule has 154 valence electrons. The summed E-state index contributed by atoms with van der Waals surface area (Å²) in [6, 6.07) is 15.2. The Balaban J connectivity index is 1.44. The Hall–Kier alpha value is -3.22. The molecule has 1 N–H and O–H groups in total. The smallest absolute Gasteiger partial charge is 0.242 e. The molecule has 1 fully saturated rings. The van der Waals surface area contributed by atoms with E-state index in [4.69, 9.17) is 9.47 Å². The number of hydrogen-bond acceptors (Lipinski definition) is 5. The molecule has 2 aromatic carbocycles. The van der Waals surface area contributed by atoms with Gasteiger partial charge >= 0.3 is 0 Å². The van der Waals surface area contributed by atoms with Gasteiger partial charge in [0.2, 0.25) is 11.8 Å². The number of piperazine rings is 1. The van der Waals surface area contributed by atoms with Crippen LogP contribution in [0.25, 0.3) is 0 Å². The molecular weight excluding hydrogens is 370 g/mol. The SMILES string of the molecule is COc1ccc(CC(=O)NCC(=O)N2CCN(c3ccccc3OC)CC2)cc1. The highest BCUT2D eigenvalue weighted by atomic mass is 16.5. The van der Waals surface area contributed by atoms with Crippen LogP contribution in [0, 0.1) is 0 Å². The first kappa shape index (κ1) is 20.5. The van der Waals surface area contributed by atoms with Crippen molar-refractivity contribution in [3.8, 4) is 11.5 Å². The highest BCUT2D eigenvalue weighted by Crippen LogP contribution is 2.28. The Morgan fingerprint density at radius 2 is 1.62 bits per heavy atom. The maximum Gasteiger partial charge on any atom is 0.242 e. The number of rotatable bonds is 7. The van der Waals surface area contributed by atoms with Crippen LogP contribution in [0.5, 0.6) is 11.5 Å². The van der Waals surface area contributed by atoms with Crippen molar-refractivity contribution >= 4 is 17.5 Å². The van der Waals surface area contributed by atoms with E-state index in [1.807, 2.05) is 48.5 Å². The minimum absolute atomic E-state index is 0.0175. The van der Waals surface area contributed by atoms with E-state index in [2.05, 4.69) is 10.2 Å². The second kappa shape index (κ2) is 9.82. The van der Waals surface area contributed by atoms with Crippen molar-refractivity contribution in [2.45, 2.75) is 6.42 Å². The minimum Gasteiger partial charge on any atom is -0.497 e. The Bertz CT molecular complexity index is 830. The number of ether oxygens (including phenoxy) is 2. The van der Waals surface area contributed by atoms with Gasteiger partial charge in [0.05, 0.1) is 32.9 Å². The van der Waals surface area contributed by atoms with Gasteiger partial charge in [-0.05, 0) is 29.8 Å². The molecule has 1 aliphatic rings. The van der Waals surface area contributed by atoms with E-state index in [1.54, 1.807) is 19.1 Å². The van der Waals surface area contributed by atoms with Gasteiger partial charge in [-0.25, -0.2) is 0 Å². The zero-order chi connectivity index (χ0) is 20.6. The fourth-order valence-corrected chi connectivity index (χ4v) is 3.37. The summed E-state index contributed by atoms with van der Waals surface area (Å²) < 4.78 is 10.5. The van der Waals surface area contributed by atoms with Crippen molar-refractivity contribution in [1.82, 2.24) is 10.2 Å². The molecule has 2 amide bonds. The summed E-state index contributed by atoms with van der Waals surface area (Å²) in [5.41, 5.74) is 1.91.